The third kappa shape index (κ3) is 3.07. The maximum absolute atomic E-state index is 5.97. The van der Waals surface area contributed by atoms with E-state index in [9.17, 15) is 0 Å². The summed E-state index contributed by atoms with van der Waals surface area (Å²) in [5.41, 5.74) is 0. The van der Waals surface area contributed by atoms with Gasteiger partial charge >= 0.3 is 0 Å². The molecule has 0 radical (unpaired) electrons. The first-order valence-corrected chi connectivity index (χ1v) is 6.32. The molecule has 0 aliphatic rings. The van der Waals surface area contributed by atoms with Gasteiger partial charge in [0.1, 0.15) is 5.75 Å². The van der Waals surface area contributed by atoms with Gasteiger partial charge in [-0.2, -0.15) is 4.98 Å². The van der Waals surface area contributed by atoms with Crippen molar-refractivity contribution in [2.75, 3.05) is 0 Å². The minimum Gasteiger partial charge on any atom is -0.482 e. The number of halogens is 3. The molecule has 0 bridgehead atoms. The van der Waals surface area contributed by atoms with Crippen LogP contribution in [0.4, 0.5) is 0 Å². The van der Waals surface area contributed by atoms with Crippen LogP contribution in [-0.2, 0) is 13.0 Å². The van der Waals surface area contributed by atoms with Crippen LogP contribution in [-0.4, -0.2) is 10.1 Å². The molecule has 0 aliphatic carbocycles. The maximum atomic E-state index is 5.97. The van der Waals surface area contributed by atoms with Crippen LogP contribution in [0.3, 0.4) is 0 Å². The Morgan fingerprint density at radius 1 is 1.17 bits per heavy atom. The predicted octanol–water partition coefficient (Wildman–Crippen LogP) is 4.17. The lowest BCUT2D eigenvalue weighted by Gasteiger charge is -2.06. The van der Waals surface area contributed by atoms with Crippen molar-refractivity contribution >= 4 is 34.8 Å². The molecule has 0 spiro atoms. The van der Waals surface area contributed by atoms with Gasteiger partial charge in [0.05, 0.1) is 15.1 Å². The van der Waals surface area contributed by atoms with Gasteiger partial charge in [0.2, 0.25) is 0 Å². The molecule has 0 fully saturated rings. The monoisotopic (exact) mass is 306 g/mol. The summed E-state index contributed by atoms with van der Waals surface area (Å²) in [6, 6.07) is 3.06. The molecule has 2 aromatic rings. The summed E-state index contributed by atoms with van der Waals surface area (Å²) in [4.78, 5) is 4.11. The molecule has 0 atom stereocenters. The normalized spacial score (nSPS) is 10.7. The van der Waals surface area contributed by atoms with Crippen molar-refractivity contribution in [3.63, 3.8) is 0 Å². The average Bonchev–Trinajstić information content (AvgIpc) is 2.80. The number of aromatic nitrogens is 2. The smallest absolute Gasteiger partial charge is 0.264 e. The fourth-order valence-corrected chi connectivity index (χ4v) is 1.84. The molecule has 1 heterocycles. The van der Waals surface area contributed by atoms with E-state index >= 15 is 0 Å². The van der Waals surface area contributed by atoms with Crippen LogP contribution in [0.15, 0.2) is 16.7 Å². The molecule has 0 saturated carbocycles. The van der Waals surface area contributed by atoms with E-state index in [0.29, 0.717) is 39.0 Å². The van der Waals surface area contributed by atoms with E-state index in [1.807, 2.05) is 6.92 Å². The van der Waals surface area contributed by atoms with Gasteiger partial charge in [-0.05, 0) is 6.07 Å². The SMILES string of the molecule is CCc1noc(COc2cc(Cl)c(Cl)cc2Cl)n1. The second kappa shape index (κ2) is 5.78. The van der Waals surface area contributed by atoms with E-state index in [0.717, 1.165) is 0 Å². The molecule has 4 nitrogen and oxygen atoms in total. The van der Waals surface area contributed by atoms with Crippen molar-refractivity contribution in [2.24, 2.45) is 0 Å². The highest BCUT2D eigenvalue weighted by atomic mass is 35.5. The Balaban J connectivity index is 2.08. The van der Waals surface area contributed by atoms with Crippen molar-refractivity contribution in [3.05, 3.63) is 38.9 Å². The van der Waals surface area contributed by atoms with Crippen LogP contribution in [0.1, 0.15) is 18.6 Å². The first kappa shape index (κ1) is 13.5. The molecule has 0 saturated heterocycles. The van der Waals surface area contributed by atoms with E-state index in [-0.39, 0.29) is 6.61 Å². The van der Waals surface area contributed by atoms with Gasteiger partial charge in [0.25, 0.3) is 5.89 Å². The summed E-state index contributed by atoms with van der Waals surface area (Å²) in [6.07, 6.45) is 0.705. The van der Waals surface area contributed by atoms with Gasteiger partial charge in [0, 0.05) is 12.5 Å². The summed E-state index contributed by atoms with van der Waals surface area (Å²) in [5, 5.41) is 4.88. The molecule has 18 heavy (non-hydrogen) atoms. The molecule has 0 amide bonds. The Kier molecular flexibility index (Phi) is 4.32. The molecule has 2 rings (SSSR count). The lowest BCUT2D eigenvalue weighted by molar-refractivity contribution is 0.242. The number of ether oxygens (including phenoxy) is 1. The number of hydrogen-bond donors (Lipinski definition) is 0. The van der Waals surface area contributed by atoms with Crippen molar-refractivity contribution in [2.45, 2.75) is 20.0 Å². The molecular weight excluding hydrogens is 298 g/mol. The minimum absolute atomic E-state index is 0.130. The van der Waals surface area contributed by atoms with Crippen molar-refractivity contribution in [1.29, 1.82) is 0 Å². The standard InChI is InChI=1S/C11H9Cl3N2O2/c1-2-10-15-11(18-16-10)5-17-9-4-7(13)6(12)3-8(9)14/h3-4H,2,5H2,1H3. The van der Waals surface area contributed by atoms with Gasteiger partial charge in [-0.25, -0.2) is 0 Å². The summed E-state index contributed by atoms with van der Waals surface area (Å²) >= 11 is 17.7. The topological polar surface area (TPSA) is 48.2 Å². The molecule has 1 aromatic heterocycles. The minimum atomic E-state index is 0.130. The fourth-order valence-electron chi connectivity index (χ4n) is 1.25. The summed E-state index contributed by atoms with van der Waals surface area (Å²) in [5.74, 6) is 1.44. The van der Waals surface area contributed by atoms with Crippen molar-refractivity contribution in [3.8, 4) is 5.75 Å². The van der Waals surface area contributed by atoms with E-state index in [1.54, 1.807) is 6.07 Å². The Hall–Kier alpha value is -0.970. The second-order valence-electron chi connectivity index (χ2n) is 3.44. The Morgan fingerprint density at radius 2 is 1.89 bits per heavy atom. The number of hydrogen-bond acceptors (Lipinski definition) is 4. The Bertz CT molecular complexity index is 557. The summed E-state index contributed by atoms with van der Waals surface area (Å²) in [7, 11) is 0. The molecule has 0 aliphatic heterocycles. The number of rotatable bonds is 4. The van der Waals surface area contributed by atoms with E-state index in [1.165, 1.54) is 6.07 Å². The molecule has 0 unspecified atom stereocenters. The third-order valence-electron chi connectivity index (χ3n) is 2.15. The van der Waals surface area contributed by atoms with Gasteiger partial charge in [0.15, 0.2) is 12.4 Å². The lowest BCUT2D eigenvalue weighted by Crippen LogP contribution is -1.97. The van der Waals surface area contributed by atoms with Crippen LogP contribution in [0.2, 0.25) is 15.1 Å². The molecular formula is C11H9Cl3N2O2. The zero-order valence-corrected chi connectivity index (χ0v) is 11.7. The van der Waals surface area contributed by atoms with Crippen molar-refractivity contribution in [1.82, 2.24) is 10.1 Å². The number of aryl methyl sites for hydroxylation is 1. The van der Waals surface area contributed by atoms with Gasteiger partial charge < -0.3 is 9.26 Å². The largest absolute Gasteiger partial charge is 0.482 e. The number of nitrogens with zero attached hydrogens (tertiary/aromatic N) is 2. The van der Waals surface area contributed by atoms with E-state index in [2.05, 4.69) is 10.1 Å². The molecule has 1 aromatic carbocycles. The third-order valence-corrected chi connectivity index (χ3v) is 3.17. The van der Waals surface area contributed by atoms with Crippen molar-refractivity contribution < 1.29 is 9.26 Å². The lowest BCUT2D eigenvalue weighted by atomic mass is 10.3. The van der Waals surface area contributed by atoms with Gasteiger partial charge in [-0.15, -0.1) is 0 Å². The summed E-state index contributed by atoms with van der Waals surface area (Å²) < 4.78 is 10.4. The second-order valence-corrected chi connectivity index (χ2v) is 4.66. The van der Waals surface area contributed by atoms with Gasteiger partial charge in [-0.3, -0.25) is 0 Å². The first-order chi connectivity index (χ1) is 8.60. The molecule has 7 heteroatoms. The van der Waals surface area contributed by atoms with E-state index < -0.39 is 0 Å². The van der Waals surface area contributed by atoms with Crippen LogP contribution < -0.4 is 4.74 Å². The fraction of sp³-hybridized carbons (Fsp3) is 0.273. The zero-order chi connectivity index (χ0) is 13.1. The highest BCUT2D eigenvalue weighted by Crippen LogP contribution is 2.34. The van der Waals surface area contributed by atoms with Crippen LogP contribution in [0.25, 0.3) is 0 Å². The highest BCUT2D eigenvalue weighted by molar-refractivity contribution is 6.43. The molecule has 0 N–H and O–H groups in total. The van der Waals surface area contributed by atoms with Gasteiger partial charge in [-0.1, -0.05) is 46.9 Å². The quantitative estimate of drug-likeness (QED) is 0.795. The molecule has 96 valence electrons. The van der Waals surface area contributed by atoms with Crippen LogP contribution in [0.5, 0.6) is 5.75 Å². The summed E-state index contributed by atoms with van der Waals surface area (Å²) in [6.45, 7) is 2.07. The van der Waals surface area contributed by atoms with E-state index in [4.69, 9.17) is 44.1 Å². The van der Waals surface area contributed by atoms with Crippen LogP contribution in [0, 0.1) is 0 Å². The zero-order valence-electron chi connectivity index (χ0n) is 9.41. The maximum Gasteiger partial charge on any atom is 0.264 e. The Morgan fingerprint density at radius 3 is 2.56 bits per heavy atom. The Labute approximate surface area is 119 Å². The predicted molar refractivity (Wildman–Crippen MR) is 69.5 cm³/mol. The highest BCUT2D eigenvalue weighted by Gasteiger charge is 2.10. The first-order valence-electron chi connectivity index (χ1n) is 5.19. The van der Waals surface area contributed by atoms with Crippen LogP contribution >= 0.6 is 34.8 Å². The number of benzene rings is 1. The average molecular weight is 308 g/mol.